The molecule has 15 heteroatoms. The van der Waals surface area contributed by atoms with Crippen LogP contribution in [0.4, 0.5) is 4.39 Å². The SMILES string of the molecule is CC(C)OC(=O)[C@@H](C)NP(=O)(OC[C@H]1O[C@@H](n2cc(I)c(=O)[nH]c2=O)[C@](C)(F)[C@@H]1O)Oc1ccccc1. The van der Waals surface area contributed by atoms with E-state index in [4.69, 9.17) is 18.5 Å². The Bertz CT molecular complexity index is 1270. The second-order valence-corrected chi connectivity index (χ2v) is 11.7. The summed E-state index contributed by atoms with van der Waals surface area (Å²) in [6, 6.07) is 6.86. The number of hydrogen-bond acceptors (Lipinski definition) is 9. The molecule has 0 saturated carbocycles. The number of H-pyrrole nitrogens is 1. The van der Waals surface area contributed by atoms with Gasteiger partial charge in [0.05, 0.1) is 16.3 Å². The Morgan fingerprint density at radius 3 is 2.59 bits per heavy atom. The van der Waals surface area contributed by atoms with E-state index < -0.39 is 67.8 Å². The summed E-state index contributed by atoms with van der Waals surface area (Å²) < 4.78 is 51.8. The van der Waals surface area contributed by atoms with Gasteiger partial charge in [-0.3, -0.25) is 23.7 Å². The number of benzene rings is 1. The number of hydrogen-bond donors (Lipinski definition) is 3. The molecule has 1 aromatic heterocycles. The number of aromatic amines is 1. The van der Waals surface area contributed by atoms with Crippen LogP contribution >= 0.6 is 30.3 Å². The molecular formula is C22H28FIN3O9P. The summed E-state index contributed by atoms with van der Waals surface area (Å²) in [6.45, 7) is 5.08. The van der Waals surface area contributed by atoms with Crippen LogP contribution in [-0.4, -0.2) is 57.3 Å². The summed E-state index contributed by atoms with van der Waals surface area (Å²) >= 11 is 1.67. The third-order valence-corrected chi connectivity index (χ3v) is 7.74. The maximum absolute atomic E-state index is 15.6. The Morgan fingerprint density at radius 2 is 1.97 bits per heavy atom. The topological polar surface area (TPSA) is 158 Å². The summed E-state index contributed by atoms with van der Waals surface area (Å²) in [5, 5.41) is 13.1. The number of carbonyl (C=O) groups is 1. The number of esters is 1. The molecule has 0 amide bonds. The number of halogens is 2. The van der Waals surface area contributed by atoms with E-state index in [0.29, 0.717) is 0 Å². The molecule has 37 heavy (non-hydrogen) atoms. The van der Waals surface area contributed by atoms with Crippen molar-refractivity contribution in [1.29, 1.82) is 0 Å². The van der Waals surface area contributed by atoms with Crippen LogP contribution in [0.2, 0.25) is 0 Å². The molecule has 1 unspecified atom stereocenters. The lowest BCUT2D eigenvalue weighted by molar-refractivity contribution is -0.149. The van der Waals surface area contributed by atoms with Gasteiger partial charge in [-0.25, -0.2) is 13.8 Å². The van der Waals surface area contributed by atoms with Crippen LogP contribution in [0.15, 0.2) is 46.1 Å². The minimum Gasteiger partial charge on any atom is -0.462 e. The Kier molecular flexibility index (Phi) is 9.35. The number of alkyl halides is 1. The first-order chi connectivity index (χ1) is 17.2. The van der Waals surface area contributed by atoms with Gasteiger partial charge in [0, 0.05) is 6.20 Å². The molecule has 1 saturated heterocycles. The van der Waals surface area contributed by atoms with Crippen molar-refractivity contribution < 1.29 is 37.4 Å². The van der Waals surface area contributed by atoms with E-state index >= 15 is 4.39 Å². The summed E-state index contributed by atoms with van der Waals surface area (Å²) in [6.07, 6.45) is -4.16. The Balaban J connectivity index is 1.82. The zero-order chi connectivity index (χ0) is 27.5. The average molecular weight is 655 g/mol. The third-order valence-electron chi connectivity index (χ3n) is 5.33. The third kappa shape index (κ3) is 7.06. The predicted molar refractivity (Wildman–Crippen MR) is 138 cm³/mol. The van der Waals surface area contributed by atoms with Gasteiger partial charge in [-0.05, 0) is 62.4 Å². The summed E-state index contributed by atoms with van der Waals surface area (Å²) in [7, 11) is -4.31. The number of rotatable bonds is 10. The molecule has 3 N–H and O–H groups in total. The van der Waals surface area contributed by atoms with Crippen LogP contribution in [0.3, 0.4) is 0 Å². The van der Waals surface area contributed by atoms with E-state index in [1.807, 2.05) is 4.98 Å². The first-order valence-electron chi connectivity index (χ1n) is 11.2. The van der Waals surface area contributed by atoms with Gasteiger partial charge in [-0.2, -0.15) is 5.09 Å². The molecule has 2 aromatic rings. The van der Waals surface area contributed by atoms with Crippen LogP contribution < -0.4 is 20.9 Å². The average Bonchev–Trinajstić information content (AvgIpc) is 3.03. The van der Waals surface area contributed by atoms with Crippen LogP contribution in [0.25, 0.3) is 0 Å². The van der Waals surface area contributed by atoms with Crippen molar-refractivity contribution in [3.8, 4) is 5.75 Å². The number of ether oxygens (including phenoxy) is 2. The number of para-hydroxylation sites is 1. The van der Waals surface area contributed by atoms with Gasteiger partial charge < -0.3 is 19.1 Å². The molecule has 6 atom stereocenters. The fourth-order valence-corrected chi connectivity index (χ4v) is 5.43. The van der Waals surface area contributed by atoms with Gasteiger partial charge in [-0.1, -0.05) is 18.2 Å². The maximum atomic E-state index is 15.6. The molecule has 1 aliphatic rings. The number of nitrogens with zero attached hydrogens (tertiary/aromatic N) is 1. The van der Waals surface area contributed by atoms with Crippen molar-refractivity contribution >= 4 is 36.3 Å². The van der Waals surface area contributed by atoms with Crippen molar-refractivity contribution in [2.24, 2.45) is 0 Å². The molecule has 12 nitrogen and oxygen atoms in total. The summed E-state index contributed by atoms with van der Waals surface area (Å²) in [5.41, 5.74) is -4.09. The quantitative estimate of drug-likeness (QED) is 0.197. The van der Waals surface area contributed by atoms with Gasteiger partial charge in [0.2, 0.25) is 0 Å². The van der Waals surface area contributed by atoms with E-state index in [9.17, 15) is 24.1 Å². The zero-order valence-electron chi connectivity index (χ0n) is 20.4. The van der Waals surface area contributed by atoms with E-state index in [-0.39, 0.29) is 9.32 Å². The highest BCUT2D eigenvalue weighted by Gasteiger charge is 2.56. The van der Waals surface area contributed by atoms with Gasteiger partial charge in [-0.15, -0.1) is 0 Å². The van der Waals surface area contributed by atoms with Crippen LogP contribution in [0, 0.1) is 3.57 Å². The van der Waals surface area contributed by atoms with Crippen LogP contribution in [0.5, 0.6) is 5.75 Å². The van der Waals surface area contributed by atoms with Gasteiger partial charge in [0.1, 0.15) is 24.0 Å². The largest absolute Gasteiger partial charge is 0.462 e. The van der Waals surface area contributed by atoms with Crippen molar-refractivity contribution in [1.82, 2.24) is 14.6 Å². The molecule has 1 aromatic carbocycles. The normalized spacial score (nSPS) is 26.0. The van der Waals surface area contributed by atoms with Crippen molar-refractivity contribution in [3.05, 3.63) is 60.9 Å². The lowest BCUT2D eigenvalue weighted by Crippen LogP contribution is -2.44. The standard InChI is InChI=1S/C22H28FIN3O9P/c1-12(2)34-19(30)13(3)26-37(32,36-14-8-6-5-7-9-14)33-11-16-17(28)22(4,23)20(35-16)27-10-15(24)18(29)25-21(27)31/h5-10,12-13,16-17,20,28H,11H2,1-4H3,(H,26,32)(H,25,29,31)/t13-,16-,17-,20-,22-,37?/m1/s1. The fourth-order valence-electron chi connectivity index (χ4n) is 3.49. The molecule has 0 spiro atoms. The van der Waals surface area contributed by atoms with E-state index in [1.54, 1.807) is 54.6 Å². The minimum absolute atomic E-state index is 0.0954. The lowest BCUT2D eigenvalue weighted by Gasteiger charge is -2.25. The second kappa shape index (κ2) is 11.7. The molecule has 1 aliphatic heterocycles. The smallest absolute Gasteiger partial charge is 0.459 e. The first-order valence-corrected chi connectivity index (χ1v) is 13.9. The number of aromatic nitrogens is 2. The minimum atomic E-state index is -4.31. The fraction of sp³-hybridized carbons (Fsp3) is 0.500. The summed E-state index contributed by atoms with van der Waals surface area (Å²) in [4.78, 5) is 38.3. The lowest BCUT2D eigenvalue weighted by atomic mass is 9.98. The number of aliphatic hydroxyl groups is 1. The molecule has 2 heterocycles. The van der Waals surface area contributed by atoms with E-state index in [2.05, 4.69) is 5.09 Å². The van der Waals surface area contributed by atoms with Crippen molar-refractivity contribution in [2.75, 3.05) is 6.61 Å². The highest BCUT2D eigenvalue weighted by atomic mass is 127. The van der Waals surface area contributed by atoms with Gasteiger partial charge in [0.15, 0.2) is 11.9 Å². The van der Waals surface area contributed by atoms with Crippen LogP contribution in [0.1, 0.15) is 33.9 Å². The highest BCUT2D eigenvalue weighted by Crippen LogP contribution is 2.47. The monoisotopic (exact) mass is 655 g/mol. The van der Waals surface area contributed by atoms with Crippen molar-refractivity contribution in [2.45, 2.75) is 63.9 Å². The highest BCUT2D eigenvalue weighted by molar-refractivity contribution is 14.1. The van der Waals surface area contributed by atoms with E-state index in [1.165, 1.54) is 19.1 Å². The number of nitrogens with one attached hydrogen (secondary N) is 2. The van der Waals surface area contributed by atoms with Crippen molar-refractivity contribution in [3.63, 3.8) is 0 Å². The first kappa shape index (κ1) is 29.5. The Morgan fingerprint density at radius 1 is 1.32 bits per heavy atom. The predicted octanol–water partition coefficient (Wildman–Crippen LogP) is 2.26. The van der Waals surface area contributed by atoms with Gasteiger partial charge >= 0.3 is 19.4 Å². The Hall–Kier alpha value is -2.10. The number of carbonyl (C=O) groups excluding carboxylic acids is 1. The molecule has 0 radical (unpaired) electrons. The zero-order valence-corrected chi connectivity index (χ0v) is 23.5. The van der Waals surface area contributed by atoms with E-state index in [0.717, 1.165) is 17.7 Å². The van der Waals surface area contributed by atoms with Crippen LogP contribution in [-0.2, 0) is 23.4 Å². The molecular weight excluding hydrogens is 627 g/mol. The molecule has 0 aliphatic carbocycles. The molecule has 1 fully saturated rings. The Labute approximate surface area is 225 Å². The second-order valence-electron chi connectivity index (χ2n) is 8.80. The maximum Gasteiger partial charge on any atom is 0.459 e. The van der Waals surface area contributed by atoms with Gasteiger partial charge in [0.25, 0.3) is 5.56 Å². The molecule has 0 bridgehead atoms. The molecule has 3 rings (SSSR count). The summed E-state index contributed by atoms with van der Waals surface area (Å²) in [5.74, 6) is -0.561. The number of aliphatic hydroxyl groups excluding tert-OH is 1. The molecule has 204 valence electrons.